The number of rotatable bonds is 7. The Labute approximate surface area is 113 Å². The zero-order valence-electron chi connectivity index (χ0n) is 11.7. The molecule has 0 bridgehead atoms. The maximum atomic E-state index is 11.5. The van der Waals surface area contributed by atoms with E-state index >= 15 is 0 Å². The molecule has 0 aliphatic heterocycles. The van der Waals surface area contributed by atoms with Crippen LogP contribution in [0.4, 0.5) is 4.79 Å². The number of carbonyl (C=O) groups excluding carboxylic acids is 1. The molecule has 3 N–H and O–H groups in total. The summed E-state index contributed by atoms with van der Waals surface area (Å²) in [5.41, 5.74) is 0. The number of aliphatic carboxylic acids is 1. The quantitative estimate of drug-likeness (QED) is 0.627. The van der Waals surface area contributed by atoms with Crippen LogP contribution < -0.4 is 10.6 Å². The minimum Gasteiger partial charge on any atom is -0.480 e. The molecule has 0 aromatic heterocycles. The third kappa shape index (κ3) is 5.91. The fraction of sp³-hybridized carbons (Fsp3) is 0.818. The third-order valence-electron chi connectivity index (χ3n) is 2.86. The average Bonchev–Trinajstić information content (AvgIpc) is 2.24. The van der Waals surface area contributed by atoms with E-state index in [0.717, 1.165) is 6.26 Å². The number of sulfone groups is 1. The largest absolute Gasteiger partial charge is 0.480 e. The van der Waals surface area contributed by atoms with Crippen molar-refractivity contribution in [1.82, 2.24) is 10.6 Å². The summed E-state index contributed by atoms with van der Waals surface area (Å²) in [6, 6.07) is -1.65. The first-order valence-corrected chi connectivity index (χ1v) is 7.87. The van der Waals surface area contributed by atoms with Crippen LogP contribution >= 0.6 is 0 Å². The van der Waals surface area contributed by atoms with Crippen molar-refractivity contribution >= 4 is 21.8 Å². The number of carboxylic acid groups (broad SMARTS) is 1. The number of urea groups is 1. The van der Waals surface area contributed by atoms with E-state index in [2.05, 4.69) is 10.6 Å². The van der Waals surface area contributed by atoms with Gasteiger partial charge in [0.15, 0.2) is 9.84 Å². The van der Waals surface area contributed by atoms with Crippen molar-refractivity contribution in [1.29, 1.82) is 0 Å². The van der Waals surface area contributed by atoms with E-state index < -0.39 is 32.6 Å². The fourth-order valence-electron chi connectivity index (χ4n) is 1.18. The van der Waals surface area contributed by atoms with Gasteiger partial charge in [0.25, 0.3) is 0 Å². The number of carboxylic acids is 1. The second-order valence-electron chi connectivity index (χ2n) is 5.04. The van der Waals surface area contributed by atoms with Crippen LogP contribution in [0.3, 0.4) is 0 Å². The first-order chi connectivity index (χ1) is 8.51. The standard InChI is InChI=1S/C11H22N2O5S/c1-5-6-8(9(14)15)13-10(16)12-7-11(2,3)19(4,17)18/h8H,5-7H2,1-4H3,(H,14,15)(H2,12,13,16)/t8-/m1/s1. The van der Waals surface area contributed by atoms with Crippen LogP contribution in [0.5, 0.6) is 0 Å². The molecule has 7 nitrogen and oxygen atoms in total. The summed E-state index contributed by atoms with van der Waals surface area (Å²) < 4.78 is 21.8. The Bertz CT molecular complexity index is 430. The molecule has 0 aromatic carbocycles. The second-order valence-corrected chi connectivity index (χ2v) is 7.69. The molecule has 8 heteroatoms. The van der Waals surface area contributed by atoms with E-state index in [9.17, 15) is 18.0 Å². The van der Waals surface area contributed by atoms with Gasteiger partial charge in [0, 0.05) is 12.8 Å². The maximum absolute atomic E-state index is 11.5. The van der Waals surface area contributed by atoms with Gasteiger partial charge in [-0.1, -0.05) is 13.3 Å². The van der Waals surface area contributed by atoms with E-state index in [1.54, 1.807) is 0 Å². The van der Waals surface area contributed by atoms with Gasteiger partial charge in [-0.25, -0.2) is 18.0 Å². The molecule has 1 atom stereocenters. The summed E-state index contributed by atoms with van der Waals surface area (Å²) in [5.74, 6) is -1.11. The van der Waals surface area contributed by atoms with E-state index in [4.69, 9.17) is 5.11 Å². The van der Waals surface area contributed by atoms with Crippen LogP contribution in [0.2, 0.25) is 0 Å². The Morgan fingerprint density at radius 3 is 2.21 bits per heavy atom. The molecule has 112 valence electrons. The lowest BCUT2D eigenvalue weighted by Crippen LogP contribution is -2.50. The van der Waals surface area contributed by atoms with Gasteiger partial charge in [0.05, 0.1) is 4.75 Å². The maximum Gasteiger partial charge on any atom is 0.326 e. The summed E-state index contributed by atoms with van der Waals surface area (Å²) >= 11 is 0. The molecule has 0 saturated carbocycles. The topological polar surface area (TPSA) is 113 Å². The Kier molecular flexibility index (Phi) is 6.28. The number of hydrogen-bond acceptors (Lipinski definition) is 4. The molecule has 0 unspecified atom stereocenters. The summed E-state index contributed by atoms with van der Waals surface area (Å²) in [7, 11) is -3.31. The Morgan fingerprint density at radius 2 is 1.84 bits per heavy atom. The predicted molar refractivity (Wildman–Crippen MR) is 71.8 cm³/mol. The number of carbonyl (C=O) groups is 2. The van der Waals surface area contributed by atoms with Crippen molar-refractivity contribution in [2.24, 2.45) is 0 Å². The normalized spacial score (nSPS) is 13.7. The fourth-order valence-corrected chi connectivity index (χ4v) is 1.51. The van der Waals surface area contributed by atoms with E-state index in [-0.39, 0.29) is 6.54 Å². The summed E-state index contributed by atoms with van der Waals surface area (Å²) in [6.07, 6.45) is 2.02. The van der Waals surface area contributed by atoms with Gasteiger partial charge >= 0.3 is 12.0 Å². The average molecular weight is 294 g/mol. The third-order valence-corrected chi connectivity index (χ3v) is 5.01. The van der Waals surface area contributed by atoms with Crippen LogP contribution in [0.15, 0.2) is 0 Å². The van der Waals surface area contributed by atoms with Crippen molar-refractivity contribution in [2.75, 3.05) is 12.8 Å². The summed E-state index contributed by atoms with van der Waals surface area (Å²) in [5, 5.41) is 13.5. The van der Waals surface area contributed by atoms with Gasteiger partial charge in [-0.15, -0.1) is 0 Å². The van der Waals surface area contributed by atoms with Crippen LogP contribution in [-0.2, 0) is 14.6 Å². The van der Waals surface area contributed by atoms with E-state index in [1.807, 2.05) is 6.92 Å². The first-order valence-electron chi connectivity index (χ1n) is 5.98. The van der Waals surface area contributed by atoms with Gasteiger partial charge in [-0.05, 0) is 20.3 Å². The molecule has 0 saturated heterocycles. The highest BCUT2D eigenvalue weighted by molar-refractivity contribution is 7.92. The molecular formula is C11H22N2O5S. The zero-order valence-corrected chi connectivity index (χ0v) is 12.5. The highest BCUT2D eigenvalue weighted by Gasteiger charge is 2.31. The molecule has 19 heavy (non-hydrogen) atoms. The van der Waals surface area contributed by atoms with Gasteiger partial charge < -0.3 is 15.7 Å². The van der Waals surface area contributed by atoms with Crippen molar-refractivity contribution in [3.05, 3.63) is 0 Å². The lowest BCUT2D eigenvalue weighted by atomic mass is 10.2. The van der Waals surface area contributed by atoms with Gasteiger partial charge in [0.2, 0.25) is 0 Å². The van der Waals surface area contributed by atoms with Crippen LogP contribution in [0, 0.1) is 0 Å². The van der Waals surface area contributed by atoms with Crippen LogP contribution in [0.25, 0.3) is 0 Å². The van der Waals surface area contributed by atoms with Crippen molar-refractivity contribution in [3.63, 3.8) is 0 Å². The van der Waals surface area contributed by atoms with Gasteiger partial charge in [0.1, 0.15) is 6.04 Å². The monoisotopic (exact) mass is 294 g/mol. The van der Waals surface area contributed by atoms with E-state index in [1.165, 1.54) is 13.8 Å². The molecule has 0 aliphatic carbocycles. The highest BCUT2D eigenvalue weighted by Crippen LogP contribution is 2.13. The minimum absolute atomic E-state index is 0.0872. The molecule has 0 radical (unpaired) electrons. The first kappa shape index (κ1) is 17.7. The minimum atomic E-state index is -3.31. The van der Waals surface area contributed by atoms with E-state index in [0.29, 0.717) is 12.8 Å². The van der Waals surface area contributed by atoms with Crippen LogP contribution in [-0.4, -0.2) is 49.1 Å². The van der Waals surface area contributed by atoms with Gasteiger partial charge in [-0.2, -0.15) is 0 Å². The lowest BCUT2D eigenvalue weighted by Gasteiger charge is -2.23. The van der Waals surface area contributed by atoms with Gasteiger partial charge in [-0.3, -0.25) is 0 Å². The number of amides is 2. The summed E-state index contributed by atoms with van der Waals surface area (Å²) in [6.45, 7) is 4.70. The molecule has 0 fully saturated rings. The molecule has 0 spiro atoms. The predicted octanol–water partition coefficient (Wildman–Crippen LogP) is 0.362. The second kappa shape index (κ2) is 6.74. The molecule has 0 heterocycles. The molecule has 0 rings (SSSR count). The van der Waals surface area contributed by atoms with Crippen molar-refractivity contribution in [3.8, 4) is 0 Å². The zero-order chi connectivity index (χ0) is 15.3. The lowest BCUT2D eigenvalue weighted by molar-refractivity contribution is -0.139. The van der Waals surface area contributed by atoms with Crippen molar-refractivity contribution in [2.45, 2.75) is 44.4 Å². The molecule has 0 aliphatic rings. The highest BCUT2D eigenvalue weighted by atomic mass is 32.2. The number of nitrogens with one attached hydrogen (secondary N) is 2. The number of hydrogen-bond donors (Lipinski definition) is 3. The Morgan fingerprint density at radius 1 is 1.32 bits per heavy atom. The smallest absolute Gasteiger partial charge is 0.326 e. The molecule has 0 aromatic rings. The Hall–Kier alpha value is -1.31. The van der Waals surface area contributed by atoms with Crippen molar-refractivity contribution < 1.29 is 23.1 Å². The molecule has 2 amide bonds. The molecular weight excluding hydrogens is 272 g/mol. The Balaban J connectivity index is 4.44. The SMILES string of the molecule is CCC[C@@H](NC(=O)NCC(C)(C)S(C)(=O)=O)C(=O)O. The summed E-state index contributed by atoms with van der Waals surface area (Å²) in [4.78, 5) is 22.4. The van der Waals surface area contributed by atoms with Crippen LogP contribution in [0.1, 0.15) is 33.6 Å².